The average molecular weight is 632 g/mol. The van der Waals surface area contributed by atoms with Crippen molar-refractivity contribution in [2.24, 2.45) is 0 Å². The summed E-state index contributed by atoms with van der Waals surface area (Å²) in [5.41, 5.74) is 2.93. The number of rotatable bonds is 22. The monoisotopic (exact) mass is 630 g/mol. The van der Waals surface area contributed by atoms with Gasteiger partial charge in [0.25, 0.3) is 6.85 Å². The van der Waals surface area contributed by atoms with E-state index in [0.717, 1.165) is 35.3 Å². The summed E-state index contributed by atoms with van der Waals surface area (Å²) in [7, 11) is 0. The normalized spacial score (nSPS) is 12.2. The van der Waals surface area contributed by atoms with Gasteiger partial charge in [0.05, 0.1) is 6.61 Å². The number of benzene rings is 1. The van der Waals surface area contributed by atoms with E-state index < -0.39 is 6.85 Å². The number of hydrogen-bond acceptors (Lipinski definition) is 3. The van der Waals surface area contributed by atoms with Gasteiger partial charge in [-0.15, -0.1) is 0 Å². The Bertz CT molecular complexity index is 808. The number of carbonyl (C=O) groups is 1. The fraction of sp³-hybridized carbons (Fsp3) is 0.800. The summed E-state index contributed by atoms with van der Waals surface area (Å²) in [6, 6.07) is 4.28. The van der Waals surface area contributed by atoms with Crippen molar-refractivity contribution in [1.29, 1.82) is 0 Å². The quantitative estimate of drug-likeness (QED) is 0.0726. The van der Waals surface area contributed by atoms with Crippen LogP contribution in [-0.4, -0.2) is 12.6 Å². The molecular formula is C35H61Cl2O3P. The maximum Gasteiger partial charge on any atom is 0.306 e. The lowest BCUT2D eigenvalue weighted by Gasteiger charge is -2.30. The molecule has 0 fully saturated rings. The van der Waals surface area contributed by atoms with E-state index in [1.807, 2.05) is 0 Å². The summed E-state index contributed by atoms with van der Waals surface area (Å²) < 4.78 is 11.5. The lowest BCUT2D eigenvalue weighted by Crippen LogP contribution is -2.19. The van der Waals surface area contributed by atoms with E-state index in [4.69, 9.17) is 31.7 Å². The van der Waals surface area contributed by atoms with Crippen molar-refractivity contribution in [2.45, 2.75) is 175 Å². The van der Waals surface area contributed by atoms with Gasteiger partial charge in [-0.2, -0.15) is 0 Å². The fourth-order valence-corrected chi connectivity index (χ4v) is 6.02. The maximum absolute atomic E-state index is 12.5. The number of halogens is 2. The molecule has 0 heterocycles. The van der Waals surface area contributed by atoms with Crippen LogP contribution in [0.1, 0.15) is 174 Å². The van der Waals surface area contributed by atoms with Gasteiger partial charge in [-0.25, -0.2) is 0 Å². The highest BCUT2D eigenvalue weighted by Crippen LogP contribution is 2.52. The molecule has 1 aromatic carbocycles. The minimum Gasteiger partial charge on any atom is -0.466 e. The van der Waals surface area contributed by atoms with Crippen LogP contribution in [0.2, 0.25) is 0 Å². The summed E-state index contributed by atoms with van der Waals surface area (Å²) in [4.78, 5) is 12.5. The van der Waals surface area contributed by atoms with E-state index in [1.54, 1.807) is 0 Å². The second-order valence-corrected chi connectivity index (χ2v) is 16.8. The molecule has 0 aliphatic carbocycles. The number of ether oxygens (including phenoxy) is 1. The first-order valence-corrected chi connectivity index (χ1v) is 19.6. The first-order valence-electron chi connectivity index (χ1n) is 16.5. The highest BCUT2D eigenvalue weighted by molar-refractivity contribution is 8.00. The van der Waals surface area contributed by atoms with E-state index >= 15 is 0 Å². The van der Waals surface area contributed by atoms with Crippen LogP contribution < -0.4 is 4.52 Å². The molecular weight excluding hydrogens is 570 g/mol. The van der Waals surface area contributed by atoms with Crippen LogP contribution in [0.25, 0.3) is 0 Å². The van der Waals surface area contributed by atoms with Crippen molar-refractivity contribution in [2.75, 3.05) is 6.61 Å². The summed E-state index contributed by atoms with van der Waals surface area (Å²) in [6.45, 7) is 14.2. The van der Waals surface area contributed by atoms with Gasteiger partial charge >= 0.3 is 5.97 Å². The van der Waals surface area contributed by atoms with Crippen molar-refractivity contribution in [3.8, 4) is 5.75 Å². The standard InChI is InChI=1S/C35H61Cl2O3P/c1-8-9-10-11-12-13-14-15-16-17-18-19-20-21-22-23-26-39-32(38)25-24-29-27-30(34(2,3)4)33(40-41(36)37)31(28-29)35(5,6)7/h27-28H,8-26H2,1-7H3. The molecule has 0 aliphatic heterocycles. The van der Waals surface area contributed by atoms with Gasteiger partial charge in [0, 0.05) is 17.5 Å². The molecule has 0 amide bonds. The molecule has 0 unspecified atom stereocenters. The molecule has 0 bridgehead atoms. The molecule has 41 heavy (non-hydrogen) atoms. The van der Waals surface area contributed by atoms with Gasteiger partial charge in [-0.05, 0) is 51.7 Å². The molecule has 0 aromatic heterocycles. The highest BCUT2D eigenvalue weighted by atomic mass is 35.9. The van der Waals surface area contributed by atoms with Crippen LogP contribution in [0, 0.1) is 0 Å². The Morgan fingerprint density at radius 3 is 1.44 bits per heavy atom. The molecule has 6 heteroatoms. The Labute approximate surface area is 264 Å². The van der Waals surface area contributed by atoms with Gasteiger partial charge in [0.15, 0.2) is 0 Å². The summed E-state index contributed by atoms with van der Waals surface area (Å²) in [6.07, 6.45) is 22.4. The Kier molecular flexibility index (Phi) is 20.0. The van der Waals surface area contributed by atoms with Gasteiger partial charge in [-0.1, -0.05) is 157 Å². The van der Waals surface area contributed by atoms with E-state index in [9.17, 15) is 4.79 Å². The van der Waals surface area contributed by atoms with Crippen LogP contribution >= 0.6 is 29.3 Å². The number of carbonyl (C=O) groups excluding carboxylic acids is 1. The summed E-state index contributed by atoms with van der Waals surface area (Å²) in [5, 5.41) is 0. The number of hydrogen-bond donors (Lipinski definition) is 0. The number of aryl methyl sites for hydroxylation is 1. The first kappa shape index (κ1) is 38.5. The lowest BCUT2D eigenvalue weighted by molar-refractivity contribution is -0.143. The lowest BCUT2D eigenvalue weighted by atomic mass is 9.78. The molecule has 1 rings (SSSR count). The molecule has 0 aliphatic rings. The Hall–Kier alpha value is -0.500. The molecule has 0 atom stereocenters. The zero-order valence-corrected chi connectivity index (χ0v) is 29.9. The fourth-order valence-electron chi connectivity index (χ4n) is 5.27. The van der Waals surface area contributed by atoms with Crippen LogP contribution in [0.15, 0.2) is 12.1 Å². The van der Waals surface area contributed by atoms with Crippen LogP contribution in [0.4, 0.5) is 0 Å². The summed E-state index contributed by atoms with van der Waals surface area (Å²) in [5.74, 6) is 0.655. The van der Waals surface area contributed by atoms with E-state index in [2.05, 4.69) is 60.6 Å². The van der Waals surface area contributed by atoms with Crippen molar-refractivity contribution in [3.05, 3.63) is 28.8 Å². The third-order valence-electron chi connectivity index (χ3n) is 7.80. The zero-order valence-electron chi connectivity index (χ0n) is 27.5. The SMILES string of the molecule is CCCCCCCCCCCCCCCCCCOC(=O)CCc1cc(C(C)(C)C)c(OP(Cl)Cl)c(C(C)(C)C)c1. The Balaban J connectivity index is 2.27. The van der Waals surface area contributed by atoms with Crippen molar-refractivity contribution in [3.63, 3.8) is 0 Å². The van der Waals surface area contributed by atoms with Crippen molar-refractivity contribution >= 4 is 35.3 Å². The van der Waals surface area contributed by atoms with Crippen molar-refractivity contribution < 1.29 is 14.1 Å². The molecule has 0 spiro atoms. The number of esters is 1. The predicted molar refractivity (Wildman–Crippen MR) is 182 cm³/mol. The van der Waals surface area contributed by atoms with Gasteiger partial charge in [-0.3, -0.25) is 4.79 Å². The smallest absolute Gasteiger partial charge is 0.306 e. The van der Waals surface area contributed by atoms with Gasteiger partial charge in [0.1, 0.15) is 5.75 Å². The molecule has 0 saturated carbocycles. The Morgan fingerprint density at radius 1 is 0.683 bits per heavy atom. The molecule has 0 saturated heterocycles. The molecule has 3 nitrogen and oxygen atoms in total. The highest BCUT2D eigenvalue weighted by Gasteiger charge is 2.29. The number of unbranched alkanes of at least 4 members (excludes halogenated alkanes) is 15. The Morgan fingerprint density at radius 2 is 1.07 bits per heavy atom. The second-order valence-electron chi connectivity index (χ2n) is 13.8. The third kappa shape index (κ3) is 18.0. The second kappa shape index (κ2) is 21.2. The van der Waals surface area contributed by atoms with Crippen LogP contribution in [-0.2, 0) is 26.8 Å². The van der Waals surface area contributed by atoms with E-state index in [0.29, 0.717) is 19.4 Å². The van der Waals surface area contributed by atoms with E-state index in [-0.39, 0.29) is 16.8 Å². The summed E-state index contributed by atoms with van der Waals surface area (Å²) >= 11 is 12.2. The van der Waals surface area contributed by atoms with E-state index in [1.165, 1.54) is 89.9 Å². The van der Waals surface area contributed by atoms with Crippen molar-refractivity contribution in [1.82, 2.24) is 0 Å². The molecule has 0 N–H and O–H groups in total. The average Bonchev–Trinajstić information content (AvgIpc) is 2.88. The minimum absolute atomic E-state index is 0.119. The predicted octanol–water partition coefficient (Wildman–Crippen LogP) is 13.1. The molecule has 0 radical (unpaired) electrons. The molecule has 238 valence electrons. The maximum atomic E-state index is 12.5. The van der Waals surface area contributed by atoms with Gasteiger partial charge in [0.2, 0.25) is 0 Å². The zero-order chi connectivity index (χ0) is 30.7. The van der Waals surface area contributed by atoms with Crippen LogP contribution in [0.5, 0.6) is 5.75 Å². The van der Waals surface area contributed by atoms with Crippen LogP contribution in [0.3, 0.4) is 0 Å². The first-order chi connectivity index (χ1) is 19.4. The third-order valence-corrected chi connectivity index (χ3v) is 8.54. The largest absolute Gasteiger partial charge is 0.466 e. The van der Waals surface area contributed by atoms with Gasteiger partial charge < -0.3 is 9.26 Å². The topological polar surface area (TPSA) is 35.5 Å². The molecule has 1 aromatic rings. The minimum atomic E-state index is -1.58.